The normalized spacial score (nSPS) is 11.1. The van der Waals surface area contributed by atoms with Crippen LogP contribution in [0.4, 0.5) is 5.82 Å². The smallest absolute Gasteiger partial charge is 0.136 e. The van der Waals surface area contributed by atoms with Crippen LogP contribution in [-0.4, -0.2) is 9.97 Å². The summed E-state index contributed by atoms with van der Waals surface area (Å²) in [5, 5.41) is 2.06. The van der Waals surface area contributed by atoms with Crippen LogP contribution < -0.4 is 5.73 Å². The molecule has 0 aliphatic carbocycles. The number of hydrogen-bond donors (Lipinski definition) is 1. The highest BCUT2D eigenvalue weighted by molar-refractivity contribution is 7.09. The maximum Gasteiger partial charge on any atom is 0.136 e. The minimum absolute atomic E-state index is 0.366. The zero-order valence-corrected chi connectivity index (χ0v) is 11.2. The Morgan fingerprint density at radius 3 is 2.65 bits per heavy atom. The molecule has 2 N–H and O–H groups in total. The molecule has 0 saturated carbocycles. The summed E-state index contributed by atoms with van der Waals surface area (Å²) < 4.78 is 0. The minimum atomic E-state index is 0.366. The first-order valence-corrected chi connectivity index (χ1v) is 6.61. The molecular formula is C13H17N3S. The summed E-state index contributed by atoms with van der Waals surface area (Å²) in [6, 6.07) is 4.13. The van der Waals surface area contributed by atoms with Crippen LogP contribution in [0, 0.1) is 6.92 Å². The summed E-state index contributed by atoms with van der Waals surface area (Å²) in [6.07, 6.45) is 0.765. The lowest BCUT2D eigenvalue weighted by atomic mass is 10.0. The van der Waals surface area contributed by atoms with Gasteiger partial charge in [0.2, 0.25) is 0 Å². The van der Waals surface area contributed by atoms with Crippen LogP contribution in [0.1, 0.15) is 41.7 Å². The van der Waals surface area contributed by atoms with Crippen LogP contribution in [0.3, 0.4) is 0 Å². The molecule has 0 fully saturated rings. The first-order chi connectivity index (χ1) is 8.08. The van der Waals surface area contributed by atoms with E-state index in [0.29, 0.717) is 11.7 Å². The Morgan fingerprint density at radius 2 is 2.12 bits per heavy atom. The first kappa shape index (κ1) is 12.0. The van der Waals surface area contributed by atoms with Crippen LogP contribution in [0.25, 0.3) is 0 Å². The summed E-state index contributed by atoms with van der Waals surface area (Å²) in [5.74, 6) is 1.80. The zero-order chi connectivity index (χ0) is 12.4. The van der Waals surface area contributed by atoms with Crippen LogP contribution in [0.15, 0.2) is 17.5 Å². The third kappa shape index (κ3) is 2.64. The summed E-state index contributed by atoms with van der Waals surface area (Å²) in [4.78, 5) is 10.2. The molecule has 0 aliphatic rings. The van der Waals surface area contributed by atoms with Crippen molar-refractivity contribution in [1.82, 2.24) is 9.97 Å². The van der Waals surface area contributed by atoms with Gasteiger partial charge in [-0.1, -0.05) is 19.9 Å². The molecule has 0 atom stereocenters. The molecule has 2 aromatic rings. The van der Waals surface area contributed by atoms with Crippen molar-refractivity contribution in [2.24, 2.45) is 0 Å². The van der Waals surface area contributed by atoms with E-state index in [0.717, 1.165) is 23.5 Å². The van der Waals surface area contributed by atoms with Gasteiger partial charge in [-0.3, -0.25) is 0 Å². The van der Waals surface area contributed by atoms with Crippen molar-refractivity contribution in [2.75, 3.05) is 5.73 Å². The molecule has 0 bridgehead atoms. The number of hydrogen-bond acceptors (Lipinski definition) is 4. The fourth-order valence-corrected chi connectivity index (χ4v) is 2.73. The molecule has 2 heterocycles. The van der Waals surface area contributed by atoms with Crippen molar-refractivity contribution >= 4 is 17.2 Å². The number of nitrogens with two attached hydrogens (primary N) is 1. The lowest BCUT2D eigenvalue weighted by molar-refractivity contribution is 0.818. The number of thiophene rings is 1. The molecule has 0 aromatic carbocycles. The van der Waals surface area contributed by atoms with Gasteiger partial charge in [0, 0.05) is 22.6 Å². The summed E-state index contributed by atoms with van der Waals surface area (Å²) in [6.45, 7) is 6.23. The molecule has 0 radical (unpaired) electrons. The van der Waals surface area contributed by atoms with Crippen LogP contribution in [0.2, 0.25) is 0 Å². The van der Waals surface area contributed by atoms with E-state index in [9.17, 15) is 0 Å². The maximum absolute atomic E-state index is 6.00. The third-order valence-corrected chi connectivity index (χ3v) is 3.58. The molecule has 0 amide bonds. The highest BCUT2D eigenvalue weighted by atomic mass is 32.1. The van der Waals surface area contributed by atoms with Crippen molar-refractivity contribution in [2.45, 2.75) is 33.1 Å². The van der Waals surface area contributed by atoms with E-state index in [-0.39, 0.29) is 0 Å². The Bertz CT molecular complexity index is 480. The predicted octanol–water partition coefficient (Wildman–Crippen LogP) is 3.14. The Hall–Kier alpha value is -1.42. The van der Waals surface area contributed by atoms with Gasteiger partial charge in [-0.15, -0.1) is 11.3 Å². The molecular weight excluding hydrogens is 230 g/mol. The van der Waals surface area contributed by atoms with Crippen molar-refractivity contribution in [3.8, 4) is 0 Å². The fourth-order valence-electron chi connectivity index (χ4n) is 2.03. The topological polar surface area (TPSA) is 51.8 Å². The van der Waals surface area contributed by atoms with Crippen molar-refractivity contribution < 1.29 is 0 Å². The minimum Gasteiger partial charge on any atom is -0.383 e. The number of aromatic nitrogens is 2. The van der Waals surface area contributed by atoms with E-state index in [1.54, 1.807) is 11.3 Å². The van der Waals surface area contributed by atoms with Crippen LogP contribution in [0.5, 0.6) is 0 Å². The second-order valence-corrected chi connectivity index (χ2v) is 5.47. The summed E-state index contributed by atoms with van der Waals surface area (Å²) in [7, 11) is 0. The van der Waals surface area contributed by atoms with E-state index in [2.05, 4.69) is 35.3 Å². The van der Waals surface area contributed by atoms with Crippen molar-refractivity contribution in [3.05, 3.63) is 39.5 Å². The monoisotopic (exact) mass is 247 g/mol. The molecule has 0 aliphatic heterocycles. The predicted molar refractivity (Wildman–Crippen MR) is 72.4 cm³/mol. The highest BCUT2D eigenvalue weighted by Crippen LogP contribution is 2.23. The number of anilines is 1. The van der Waals surface area contributed by atoms with Gasteiger partial charge in [-0.05, 0) is 24.3 Å². The molecule has 0 unspecified atom stereocenters. The van der Waals surface area contributed by atoms with Crippen LogP contribution >= 0.6 is 11.3 Å². The average Bonchev–Trinajstić information content (AvgIpc) is 2.68. The SMILES string of the molecule is Cc1nc(Cc2cccs2)nc(N)c1C(C)C. The van der Waals surface area contributed by atoms with Gasteiger partial charge in [0.1, 0.15) is 11.6 Å². The third-order valence-electron chi connectivity index (χ3n) is 2.70. The first-order valence-electron chi connectivity index (χ1n) is 5.73. The second-order valence-electron chi connectivity index (χ2n) is 4.44. The molecule has 2 rings (SSSR count). The molecule has 4 heteroatoms. The Kier molecular flexibility index (Phi) is 3.43. The van der Waals surface area contributed by atoms with E-state index >= 15 is 0 Å². The fraction of sp³-hybridized carbons (Fsp3) is 0.385. The van der Waals surface area contributed by atoms with E-state index < -0.39 is 0 Å². The highest BCUT2D eigenvalue weighted by Gasteiger charge is 2.12. The van der Waals surface area contributed by atoms with Gasteiger partial charge >= 0.3 is 0 Å². The number of nitrogen functional groups attached to an aromatic ring is 1. The zero-order valence-electron chi connectivity index (χ0n) is 10.4. The summed E-state index contributed by atoms with van der Waals surface area (Å²) >= 11 is 1.72. The van der Waals surface area contributed by atoms with Crippen LogP contribution in [-0.2, 0) is 6.42 Å². The Morgan fingerprint density at radius 1 is 1.35 bits per heavy atom. The van der Waals surface area contributed by atoms with E-state index in [1.807, 2.05) is 13.0 Å². The number of aryl methyl sites for hydroxylation is 1. The van der Waals surface area contributed by atoms with Gasteiger partial charge in [0.15, 0.2) is 0 Å². The largest absolute Gasteiger partial charge is 0.383 e. The second kappa shape index (κ2) is 4.84. The molecule has 90 valence electrons. The van der Waals surface area contributed by atoms with Gasteiger partial charge in [0.25, 0.3) is 0 Å². The molecule has 2 aromatic heterocycles. The molecule has 0 spiro atoms. The lowest BCUT2D eigenvalue weighted by Gasteiger charge is -2.12. The van der Waals surface area contributed by atoms with Crippen molar-refractivity contribution in [1.29, 1.82) is 0 Å². The van der Waals surface area contributed by atoms with Crippen molar-refractivity contribution in [3.63, 3.8) is 0 Å². The average molecular weight is 247 g/mol. The van der Waals surface area contributed by atoms with Gasteiger partial charge in [-0.25, -0.2) is 9.97 Å². The Balaban J connectivity index is 2.32. The van der Waals surface area contributed by atoms with E-state index in [1.165, 1.54) is 4.88 Å². The number of rotatable bonds is 3. The quantitative estimate of drug-likeness (QED) is 0.906. The van der Waals surface area contributed by atoms with E-state index in [4.69, 9.17) is 5.73 Å². The molecule has 0 saturated heterocycles. The maximum atomic E-state index is 6.00. The van der Waals surface area contributed by atoms with Gasteiger partial charge in [0.05, 0.1) is 0 Å². The summed E-state index contributed by atoms with van der Waals surface area (Å²) in [5.41, 5.74) is 8.07. The molecule has 17 heavy (non-hydrogen) atoms. The molecule has 3 nitrogen and oxygen atoms in total. The Labute approximate surface area is 106 Å². The van der Waals surface area contributed by atoms with Gasteiger partial charge < -0.3 is 5.73 Å². The lowest BCUT2D eigenvalue weighted by Crippen LogP contribution is -2.08. The number of nitrogens with zero attached hydrogens (tertiary/aromatic N) is 2. The standard InChI is InChI=1S/C13H17N3S/c1-8(2)12-9(3)15-11(16-13(12)14)7-10-5-4-6-17-10/h4-6,8H,7H2,1-3H3,(H2,14,15,16). The van der Waals surface area contributed by atoms with Gasteiger partial charge in [-0.2, -0.15) is 0 Å².